The lowest BCUT2D eigenvalue weighted by Crippen LogP contribution is -2.64. The molecule has 0 aromatic heterocycles. The van der Waals surface area contributed by atoms with Crippen LogP contribution in [0.5, 0.6) is 0 Å². The van der Waals surface area contributed by atoms with E-state index in [9.17, 15) is 29.2 Å². The van der Waals surface area contributed by atoms with E-state index >= 15 is 0 Å². The van der Waals surface area contributed by atoms with Crippen molar-refractivity contribution in [3.05, 3.63) is 93.0 Å². The molecule has 2 spiro atoms. The van der Waals surface area contributed by atoms with Crippen LogP contribution in [0.15, 0.2) is 54.6 Å². The molecule has 7 aliphatic rings. The van der Waals surface area contributed by atoms with Gasteiger partial charge in [0.2, 0.25) is 11.8 Å². The first-order valence-corrected chi connectivity index (χ1v) is 20.6. The highest BCUT2D eigenvalue weighted by molar-refractivity contribution is 6.32. The third kappa shape index (κ3) is 6.18. The zero-order valence-electron chi connectivity index (χ0n) is 31.8. The summed E-state index contributed by atoms with van der Waals surface area (Å²) in [6.07, 6.45) is 5.81. The van der Waals surface area contributed by atoms with Crippen LogP contribution in [0.25, 0.3) is 0 Å². The smallest absolute Gasteiger partial charge is 0.262 e. The first kappa shape index (κ1) is 36.1. The minimum absolute atomic E-state index is 0.0995. The molecule has 5 amide bonds. The number of likely N-dealkylation sites (tertiary alicyclic amines) is 1. The highest BCUT2D eigenvalue weighted by Gasteiger charge is 2.54. The Bertz CT molecular complexity index is 2240. The molecule has 292 valence electrons. The lowest BCUT2D eigenvalue weighted by molar-refractivity contribution is -0.136. The van der Waals surface area contributed by atoms with Crippen LogP contribution in [0.4, 0.5) is 11.4 Å². The van der Waals surface area contributed by atoms with Gasteiger partial charge in [0, 0.05) is 87.7 Å². The van der Waals surface area contributed by atoms with Crippen molar-refractivity contribution < 1.29 is 24.0 Å². The average molecular weight is 786 g/mol. The number of amides is 5. The molecule has 3 aromatic rings. The van der Waals surface area contributed by atoms with Crippen molar-refractivity contribution in [2.75, 3.05) is 55.6 Å². The van der Waals surface area contributed by atoms with Gasteiger partial charge in [-0.3, -0.25) is 39.1 Å². The van der Waals surface area contributed by atoms with Crippen LogP contribution in [0.3, 0.4) is 0 Å². The van der Waals surface area contributed by atoms with Crippen LogP contribution in [0.2, 0.25) is 5.02 Å². The molecule has 1 N–H and O–H groups in total. The summed E-state index contributed by atoms with van der Waals surface area (Å²) in [7, 11) is 0. The molecule has 10 rings (SSSR count). The van der Waals surface area contributed by atoms with Gasteiger partial charge in [0.25, 0.3) is 17.7 Å². The number of carbonyl (C=O) groups is 5. The van der Waals surface area contributed by atoms with E-state index in [0.717, 1.165) is 111 Å². The highest BCUT2D eigenvalue weighted by atomic mass is 35.5. The van der Waals surface area contributed by atoms with Crippen LogP contribution in [0, 0.1) is 28.1 Å². The van der Waals surface area contributed by atoms with E-state index in [2.05, 4.69) is 38.2 Å². The van der Waals surface area contributed by atoms with Crippen LogP contribution in [-0.4, -0.2) is 96.1 Å². The lowest BCUT2D eigenvalue weighted by atomic mass is 9.57. The van der Waals surface area contributed by atoms with E-state index in [4.69, 9.17) is 11.6 Å². The molecule has 57 heavy (non-hydrogen) atoms. The Morgan fingerprint density at radius 1 is 0.807 bits per heavy atom. The summed E-state index contributed by atoms with van der Waals surface area (Å²) in [5.41, 5.74) is 6.75. The SMILES string of the molecule is N#Cc1ccc(N2CCC3(CCN(c4ccc(C(=O)N5CC6(CC(CN7Cc8cc9c(cc8C7)C(=O)N(C7CCC(=O)NC7=O)C9=O)C6)C5)cc4)CC3)C2)cc1Cl. The van der Waals surface area contributed by atoms with E-state index in [1.807, 2.05) is 47.4 Å². The summed E-state index contributed by atoms with van der Waals surface area (Å²) in [5, 5.41) is 12.0. The predicted molar refractivity (Wildman–Crippen MR) is 212 cm³/mol. The first-order chi connectivity index (χ1) is 27.5. The number of hydrogen-bond donors (Lipinski definition) is 1. The topological polar surface area (TPSA) is 137 Å². The molecule has 1 unspecified atom stereocenters. The average Bonchev–Trinajstić information content (AvgIpc) is 3.85. The van der Waals surface area contributed by atoms with Gasteiger partial charge in [0.05, 0.1) is 21.7 Å². The third-order valence-electron chi connectivity index (χ3n) is 14.0. The molecule has 1 atom stereocenters. The largest absolute Gasteiger partial charge is 0.371 e. The molecular weight excluding hydrogens is 742 g/mol. The van der Waals surface area contributed by atoms with Gasteiger partial charge < -0.3 is 14.7 Å². The van der Waals surface area contributed by atoms with Gasteiger partial charge in [-0.15, -0.1) is 0 Å². The van der Waals surface area contributed by atoms with Crippen molar-refractivity contribution in [3.8, 4) is 6.07 Å². The number of benzene rings is 3. The molecule has 0 radical (unpaired) electrons. The molecular formula is C44H44ClN7O5. The van der Waals surface area contributed by atoms with Crippen molar-refractivity contribution in [3.63, 3.8) is 0 Å². The second-order valence-corrected chi connectivity index (χ2v) is 18.1. The molecule has 12 nitrogen and oxygen atoms in total. The molecule has 5 fully saturated rings. The molecule has 1 saturated carbocycles. The van der Waals surface area contributed by atoms with Crippen molar-refractivity contribution in [2.24, 2.45) is 16.7 Å². The van der Waals surface area contributed by atoms with Crippen molar-refractivity contribution in [1.29, 1.82) is 5.26 Å². The number of hydrogen-bond acceptors (Lipinski definition) is 9. The number of carbonyl (C=O) groups excluding carboxylic acids is 5. The second kappa shape index (κ2) is 13.4. The minimum Gasteiger partial charge on any atom is -0.371 e. The fourth-order valence-corrected chi connectivity index (χ4v) is 11.2. The Balaban J connectivity index is 0.677. The number of nitrogens with one attached hydrogen (secondary N) is 1. The van der Waals surface area contributed by atoms with Gasteiger partial charge in [0.1, 0.15) is 12.1 Å². The van der Waals surface area contributed by atoms with Crippen LogP contribution in [0.1, 0.15) is 92.7 Å². The van der Waals surface area contributed by atoms with Crippen molar-refractivity contribution in [2.45, 2.75) is 64.1 Å². The van der Waals surface area contributed by atoms with Crippen LogP contribution in [-0.2, 0) is 22.7 Å². The number of piperidine rings is 2. The summed E-state index contributed by atoms with van der Waals surface area (Å²) in [6.45, 7) is 7.92. The van der Waals surface area contributed by atoms with Crippen molar-refractivity contribution >= 4 is 52.5 Å². The zero-order chi connectivity index (χ0) is 39.2. The molecule has 3 aromatic carbocycles. The number of fused-ring (bicyclic) bond motifs is 2. The molecule has 6 heterocycles. The third-order valence-corrected chi connectivity index (χ3v) is 14.3. The summed E-state index contributed by atoms with van der Waals surface area (Å²) in [4.78, 5) is 74.3. The number of nitriles is 1. The molecule has 13 heteroatoms. The minimum atomic E-state index is -0.959. The van der Waals surface area contributed by atoms with E-state index in [1.54, 1.807) is 0 Å². The fourth-order valence-electron chi connectivity index (χ4n) is 11.0. The van der Waals surface area contributed by atoms with E-state index in [0.29, 0.717) is 40.7 Å². The van der Waals surface area contributed by atoms with E-state index in [1.165, 1.54) is 0 Å². The summed E-state index contributed by atoms with van der Waals surface area (Å²) < 4.78 is 0. The van der Waals surface area contributed by atoms with Gasteiger partial charge in [0.15, 0.2) is 0 Å². The van der Waals surface area contributed by atoms with Crippen LogP contribution < -0.4 is 15.1 Å². The van der Waals surface area contributed by atoms with E-state index in [-0.39, 0.29) is 35.5 Å². The lowest BCUT2D eigenvalue weighted by Gasteiger charge is -2.59. The van der Waals surface area contributed by atoms with Gasteiger partial charge in [-0.2, -0.15) is 5.26 Å². The number of imide groups is 2. The Morgan fingerprint density at radius 2 is 1.44 bits per heavy atom. The molecule has 6 aliphatic heterocycles. The van der Waals surface area contributed by atoms with Gasteiger partial charge in [-0.1, -0.05) is 11.6 Å². The Labute approximate surface area is 336 Å². The molecule has 0 bridgehead atoms. The predicted octanol–water partition coefficient (Wildman–Crippen LogP) is 4.98. The number of anilines is 2. The number of rotatable bonds is 6. The maximum atomic E-state index is 13.5. The normalized spacial score (nSPS) is 23.8. The first-order valence-electron chi connectivity index (χ1n) is 20.2. The Kier molecular flexibility index (Phi) is 8.50. The molecule has 1 aliphatic carbocycles. The fraction of sp³-hybridized carbons (Fsp3) is 0.455. The summed E-state index contributed by atoms with van der Waals surface area (Å²) in [5.74, 6) is -1.27. The maximum absolute atomic E-state index is 13.5. The van der Waals surface area contributed by atoms with Gasteiger partial charge in [-0.05, 0) is 116 Å². The maximum Gasteiger partial charge on any atom is 0.262 e. The standard InChI is InChI=1S/C44H44ClN7O5/c45-36-17-33(6-3-29(36)20-46)50-14-11-43(24-50)9-12-49(13-10-43)32-4-1-28(2-5-32)40(55)51-25-44(26-51)18-27(19-44)21-48-22-30-15-34-35(16-31(30)23-48)42(57)52(41(34)56)37-7-8-38(53)47-39(37)54/h1-6,15-17,27,37H,7-14,18-19,21-26H2,(H,47,53,54). The second-order valence-electron chi connectivity index (χ2n) is 17.7. The van der Waals surface area contributed by atoms with Gasteiger partial charge >= 0.3 is 0 Å². The number of nitrogens with zero attached hydrogens (tertiary/aromatic N) is 6. The summed E-state index contributed by atoms with van der Waals surface area (Å²) >= 11 is 6.33. The quantitative estimate of drug-likeness (QED) is 0.344. The van der Waals surface area contributed by atoms with Crippen LogP contribution >= 0.6 is 11.6 Å². The Hall–Kier alpha value is -5.25. The van der Waals surface area contributed by atoms with Gasteiger partial charge in [-0.25, -0.2) is 0 Å². The zero-order valence-corrected chi connectivity index (χ0v) is 32.5. The molecule has 4 saturated heterocycles. The number of halogens is 1. The highest BCUT2D eigenvalue weighted by Crippen LogP contribution is 2.53. The van der Waals surface area contributed by atoms with Crippen molar-refractivity contribution in [1.82, 2.24) is 20.0 Å². The summed E-state index contributed by atoms with van der Waals surface area (Å²) in [6, 6.07) is 18.7. The Morgan fingerprint density at radius 3 is 2.05 bits per heavy atom. The monoisotopic (exact) mass is 785 g/mol. The van der Waals surface area contributed by atoms with E-state index < -0.39 is 23.8 Å².